The first-order valence-corrected chi connectivity index (χ1v) is 8.54. The van der Waals surface area contributed by atoms with Crippen molar-refractivity contribution in [3.8, 4) is 0 Å². The van der Waals surface area contributed by atoms with Crippen molar-refractivity contribution in [3.05, 3.63) is 63.8 Å². The molecular formula is C19H16Cl2N2O2. The summed E-state index contributed by atoms with van der Waals surface area (Å²) >= 11 is 12.5. The lowest BCUT2D eigenvalue weighted by atomic mass is 10.1. The maximum atomic E-state index is 12.4. The summed E-state index contributed by atoms with van der Waals surface area (Å²) in [4.78, 5) is 16.8. The third-order valence-corrected chi connectivity index (χ3v) is 4.30. The molecule has 0 amide bonds. The second-order valence-corrected chi connectivity index (χ2v) is 6.33. The second kappa shape index (κ2) is 7.30. The number of nitrogens with zero attached hydrogens (tertiary/aromatic N) is 1. The average Bonchev–Trinajstić information content (AvgIpc) is 2.57. The average molecular weight is 375 g/mol. The Labute approximate surface area is 155 Å². The Morgan fingerprint density at radius 2 is 2.00 bits per heavy atom. The van der Waals surface area contributed by atoms with Gasteiger partial charge in [-0.1, -0.05) is 35.3 Å². The molecular weight excluding hydrogens is 359 g/mol. The Kier molecular flexibility index (Phi) is 5.11. The zero-order chi connectivity index (χ0) is 18.0. The standard InChI is InChI=1S/C19H16Cl2N2O2/c1-3-25-19(24)14-10-22-17-11(2)8-12(20)9-13(17)18(14)23-16-7-5-4-6-15(16)21/h4-10H,3H2,1-2H3,(H,22,23). The van der Waals surface area contributed by atoms with Gasteiger partial charge in [-0.25, -0.2) is 4.79 Å². The van der Waals surface area contributed by atoms with Gasteiger partial charge in [0, 0.05) is 16.6 Å². The van der Waals surface area contributed by atoms with Gasteiger partial charge in [0.05, 0.1) is 28.5 Å². The lowest BCUT2D eigenvalue weighted by molar-refractivity contribution is 0.0527. The fourth-order valence-corrected chi connectivity index (χ4v) is 3.09. The summed E-state index contributed by atoms with van der Waals surface area (Å²) in [5.41, 5.74) is 3.25. The molecule has 1 N–H and O–H groups in total. The highest BCUT2D eigenvalue weighted by molar-refractivity contribution is 6.33. The van der Waals surface area contributed by atoms with E-state index in [0.717, 1.165) is 16.5 Å². The summed E-state index contributed by atoms with van der Waals surface area (Å²) < 4.78 is 5.16. The van der Waals surface area contributed by atoms with Gasteiger partial charge in [-0.2, -0.15) is 0 Å². The Morgan fingerprint density at radius 3 is 2.72 bits per heavy atom. The highest BCUT2D eigenvalue weighted by atomic mass is 35.5. The van der Waals surface area contributed by atoms with Crippen LogP contribution in [-0.4, -0.2) is 17.6 Å². The van der Waals surface area contributed by atoms with Crippen molar-refractivity contribution in [1.82, 2.24) is 4.98 Å². The first-order chi connectivity index (χ1) is 12.0. The molecule has 25 heavy (non-hydrogen) atoms. The quantitative estimate of drug-likeness (QED) is 0.588. The van der Waals surface area contributed by atoms with Crippen LogP contribution in [0.5, 0.6) is 0 Å². The molecule has 4 nitrogen and oxygen atoms in total. The van der Waals surface area contributed by atoms with E-state index in [4.69, 9.17) is 27.9 Å². The highest BCUT2D eigenvalue weighted by Crippen LogP contribution is 2.35. The summed E-state index contributed by atoms with van der Waals surface area (Å²) in [5, 5.41) is 5.09. The van der Waals surface area contributed by atoms with Gasteiger partial charge in [0.25, 0.3) is 0 Å². The predicted molar refractivity (Wildman–Crippen MR) is 102 cm³/mol. The molecule has 0 radical (unpaired) electrons. The molecule has 3 aromatic rings. The van der Waals surface area contributed by atoms with E-state index >= 15 is 0 Å². The van der Waals surface area contributed by atoms with Gasteiger partial charge in [-0.05, 0) is 43.7 Å². The van der Waals surface area contributed by atoms with Gasteiger partial charge in [0.1, 0.15) is 5.56 Å². The first kappa shape index (κ1) is 17.5. The van der Waals surface area contributed by atoms with Crippen molar-refractivity contribution in [2.75, 3.05) is 11.9 Å². The number of ether oxygens (including phenoxy) is 1. The van der Waals surface area contributed by atoms with E-state index in [0.29, 0.717) is 27.0 Å². The molecule has 0 saturated carbocycles. The molecule has 0 saturated heterocycles. The molecule has 0 unspecified atom stereocenters. The monoisotopic (exact) mass is 374 g/mol. The molecule has 0 bridgehead atoms. The van der Waals surface area contributed by atoms with Crippen molar-refractivity contribution >= 4 is 51.4 Å². The molecule has 0 spiro atoms. The molecule has 1 aromatic heterocycles. The van der Waals surface area contributed by atoms with Gasteiger partial charge in [0.15, 0.2) is 0 Å². The summed E-state index contributed by atoms with van der Waals surface area (Å²) in [6.07, 6.45) is 1.51. The number of hydrogen-bond acceptors (Lipinski definition) is 4. The number of carbonyl (C=O) groups excluding carboxylic acids is 1. The van der Waals surface area contributed by atoms with Crippen molar-refractivity contribution < 1.29 is 9.53 Å². The first-order valence-electron chi connectivity index (χ1n) is 7.78. The Bertz CT molecular complexity index is 958. The maximum absolute atomic E-state index is 12.4. The van der Waals surface area contributed by atoms with Gasteiger partial charge in [-0.3, -0.25) is 4.98 Å². The van der Waals surface area contributed by atoms with Crippen LogP contribution < -0.4 is 5.32 Å². The molecule has 3 rings (SSSR count). The topological polar surface area (TPSA) is 51.2 Å². The van der Waals surface area contributed by atoms with E-state index in [2.05, 4.69) is 10.3 Å². The number of carbonyl (C=O) groups is 1. The molecule has 0 aliphatic heterocycles. The lowest BCUT2D eigenvalue weighted by Crippen LogP contribution is -2.09. The Morgan fingerprint density at radius 1 is 1.24 bits per heavy atom. The molecule has 6 heteroatoms. The smallest absolute Gasteiger partial charge is 0.341 e. The Hall–Kier alpha value is -2.30. The molecule has 0 atom stereocenters. The molecule has 1 heterocycles. The van der Waals surface area contributed by atoms with Crippen LogP contribution in [0.15, 0.2) is 42.6 Å². The molecule has 2 aromatic carbocycles. The minimum atomic E-state index is -0.455. The van der Waals surface area contributed by atoms with Crippen LogP contribution in [0.25, 0.3) is 10.9 Å². The van der Waals surface area contributed by atoms with Crippen LogP contribution in [0.1, 0.15) is 22.8 Å². The number of fused-ring (bicyclic) bond motifs is 1. The van der Waals surface area contributed by atoms with Crippen LogP contribution >= 0.6 is 23.2 Å². The summed E-state index contributed by atoms with van der Waals surface area (Å²) in [7, 11) is 0. The van der Waals surface area contributed by atoms with Gasteiger partial charge >= 0.3 is 5.97 Å². The SMILES string of the molecule is CCOC(=O)c1cnc2c(C)cc(Cl)cc2c1Nc1ccccc1Cl. The van der Waals surface area contributed by atoms with Crippen LogP contribution in [0.2, 0.25) is 10.0 Å². The van der Waals surface area contributed by atoms with E-state index in [1.54, 1.807) is 19.1 Å². The molecule has 0 aliphatic carbocycles. The molecule has 0 aliphatic rings. The van der Waals surface area contributed by atoms with Crippen molar-refractivity contribution in [3.63, 3.8) is 0 Å². The fourth-order valence-electron chi connectivity index (χ4n) is 2.63. The van der Waals surface area contributed by atoms with Crippen molar-refractivity contribution in [2.24, 2.45) is 0 Å². The fraction of sp³-hybridized carbons (Fsp3) is 0.158. The predicted octanol–water partition coefficient (Wildman–Crippen LogP) is 5.77. The number of para-hydroxylation sites is 1. The number of aromatic nitrogens is 1. The van der Waals surface area contributed by atoms with E-state index in [1.165, 1.54) is 6.20 Å². The van der Waals surface area contributed by atoms with E-state index in [-0.39, 0.29) is 6.61 Å². The molecule has 0 fully saturated rings. The number of esters is 1. The normalized spacial score (nSPS) is 10.7. The zero-order valence-electron chi connectivity index (χ0n) is 13.8. The van der Waals surface area contributed by atoms with Crippen LogP contribution in [0.3, 0.4) is 0 Å². The number of anilines is 2. The van der Waals surface area contributed by atoms with Crippen molar-refractivity contribution in [1.29, 1.82) is 0 Å². The van der Waals surface area contributed by atoms with Gasteiger partial charge in [0.2, 0.25) is 0 Å². The second-order valence-electron chi connectivity index (χ2n) is 5.49. The minimum Gasteiger partial charge on any atom is -0.462 e. The van der Waals surface area contributed by atoms with E-state index in [1.807, 2.05) is 31.2 Å². The summed E-state index contributed by atoms with van der Waals surface area (Å²) in [6, 6.07) is 10.9. The van der Waals surface area contributed by atoms with Gasteiger partial charge < -0.3 is 10.1 Å². The number of hydrogen-bond donors (Lipinski definition) is 1. The third kappa shape index (κ3) is 3.55. The third-order valence-electron chi connectivity index (χ3n) is 3.76. The number of pyridine rings is 1. The van der Waals surface area contributed by atoms with Crippen LogP contribution in [0.4, 0.5) is 11.4 Å². The maximum Gasteiger partial charge on any atom is 0.341 e. The molecule has 128 valence electrons. The number of benzene rings is 2. The number of halogens is 2. The minimum absolute atomic E-state index is 0.275. The van der Waals surface area contributed by atoms with Crippen LogP contribution in [-0.2, 0) is 4.74 Å². The summed E-state index contributed by atoms with van der Waals surface area (Å²) in [5.74, 6) is -0.455. The van der Waals surface area contributed by atoms with E-state index < -0.39 is 5.97 Å². The van der Waals surface area contributed by atoms with Crippen molar-refractivity contribution in [2.45, 2.75) is 13.8 Å². The van der Waals surface area contributed by atoms with Crippen LogP contribution in [0, 0.1) is 6.92 Å². The summed E-state index contributed by atoms with van der Waals surface area (Å²) in [6.45, 7) is 3.95. The number of aryl methyl sites for hydroxylation is 1. The highest BCUT2D eigenvalue weighted by Gasteiger charge is 2.19. The van der Waals surface area contributed by atoms with E-state index in [9.17, 15) is 4.79 Å². The largest absolute Gasteiger partial charge is 0.462 e. The Balaban J connectivity index is 2.25. The lowest BCUT2D eigenvalue weighted by Gasteiger charge is -2.16. The van der Waals surface area contributed by atoms with Gasteiger partial charge in [-0.15, -0.1) is 0 Å². The zero-order valence-corrected chi connectivity index (χ0v) is 15.3. The number of nitrogens with one attached hydrogen (secondary N) is 1. The number of rotatable bonds is 4.